The third-order valence-electron chi connectivity index (χ3n) is 24.7. The highest BCUT2D eigenvalue weighted by molar-refractivity contribution is 6.01. The maximum Gasteiger partial charge on any atom is 0.394 e. The predicted molar refractivity (Wildman–Crippen MR) is 396 cm³/mol. The van der Waals surface area contributed by atoms with Crippen LogP contribution in [0.2, 0.25) is 0 Å². The fourth-order valence-corrected chi connectivity index (χ4v) is 18.2. The molecule has 3 N–H and O–H groups in total. The first-order chi connectivity index (χ1) is 51.5. The summed E-state index contributed by atoms with van der Waals surface area (Å²) in [5.74, 6) is -14.6. The lowest BCUT2D eigenvalue weighted by Crippen LogP contribution is -2.71. The largest absolute Gasteiger partial charge is 0.394 e. The molecule has 110 heavy (non-hydrogen) atoms. The SMILES string of the molecule is CCCN(C)C(=O)[C@@H]1CC(=O)N(C)[C@@H](COCC)C(=O)N[C@@H]([C@@H](C)CC)C(=O)N(C)CC(=O)N(C)[C@H]2C/C=C\CCN(C2=O)[C@@H](CC2CCC(C(F)(F)F)CC2)C(=O)N(C)CC(=O)N[C@@H](CCC2CCC(C(F)(F)F)C(OC)C2)C(=O)N2C[C@@H](C)C[C@H]2C(=O)NC2(CC(C)(C)C2)C(=O)N(C)[C@@H](C2CCCC2)C(=O)N1C. The Labute approximate surface area is 645 Å². The number of halogens is 6. The van der Waals surface area contributed by atoms with Gasteiger partial charge in [-0.15, -0.1) is 0 Å². The summed E-state index contributed by atoms with van der Waals surface area (Å²) in [6.45, 7) is 11.0. The van der Waals surface area contributed by atoms with Gasteiger partial charge in [-0.2, -0.15) is 26.3 Å². The molecule has 4 aliphatic carbocycles. The smallest absolute Gasteiger partial charge is 0.381 e. The van der Waals surface area contributed by atoms with Gasteiger partial charge in [-0.05, 0) is 158 Å². The van der Waals surface area contributed by atoms with E-state index in [9.17, 15) is 50.3 Å². The van der Waals surface area contributed by atoms with Gasteiger partial charge < -0.3 is 69.5 Å². The number of methoxy groups -OCH3 is 1. The molecule has 4 saturated carbocycles. The number of ether oxygens (including phenoxy) is 2. The number of nitrogens with zero attached hydrogens (tertiary/aromatic N) is 9. The number of hydrogen-bond donors (Lipinski definition) is 3. The first-order valence-corrected chi connectivity index (χ1v) is 39.8. The molecule has 0 aromatic carbocycles. The van der Waals surface area contributed by atoms with Crippen molar-refractivity contribution in [3.05, 3.63) is 12.2 Å². The first kappa shape index (κ1) is 90.1. The summed E-state index contributed by atoms with van der Waals surface area (Å²) in [4.78, 5) is 194. The minimum Gasteiger partial charge on any atom is -0.381 e. The lowest BCUT2D eigenvalue weighted by molar-refractivity contribution is -0.215. The average Bonchev–Trinajstić information content (AvgIpc) is 0.920. The summed E-state index contributed by atoms with van der Waals surface area (Å²) in [6, 6.07) is -11.0. The van der Waals surface area contributed by atoms with E-state index in [1.807, 2.05) is 27.7 Å². The van der Waals surface area contributed by atoms with Gasteiger partial charge in [0.1, 0.15) is 53.9 Å². The standard InChI is InChI=1S/C78H124F6N12O14/c1-16-35-88(8)69(103)57-40-62(98)92(12)59(44-110-18-3)66(100)86-64(48(5)17-2)72(106)90(10)43-63(99)91(11)55-26-20-19-23-36-95(71(55)105)58(38-49-27-31-52(32-28-49)77(79,80)81)70(104)89(9)42-61(97)85-54(34-30-50-29-33-53(78(82,83)84)60(39-50)109-15)68(102)96-41-47(4)37-56(96)67(101)87-76(45-75(6,7)46-76)74(108)94(14)65(73(107)93(57)13)51-24-21-22-25-51/h19-20,47-60,64-65H,16-18,21-46H2,1-15H3,(H,85,97)(H,86,100)(H,87,101)/b20-19-/t47-,48-,49?,50?,52?,53?,54-,55-,56-,57-,58-,59-,60?,64-,65-/m0/s1. The molecule has 2 bridgehead atoms. The van der Waals surface area contributed by atoms with Gasteiger partial charge in [0.05, 0.1) is 44.1 Å². The summed E-state index contributed by atoms with van der Waals surface area (Å²) in [5.41, 5.74) is -2.21. The quantitative estimate of drug-likeness (QED) is 0.113. The van der Waals surface area contributed by atoms with Gasteiger partial charge in [0.25, 0.3) is 0 Å². The van der Waals surface area contributed by atoms with Gasteiger partial charge >= 0.3 is 12.4 Å². The lowest BCUT2D eigenvalue weighted by Gasteiger charge is -2.54. The number of hydrogen-bond acceptors (Lipinski definition) is 14. The first-order valence-electron chi connectivity index (χ1n) is 39.8. The number of carbonyl (C=O) groups excluding carboxylic acids is 12. The van der Waals surface area contributed by atoms with Crippen molar-refractivity contribution >= 4 is 70.9 Å². The molecule has 1 spiro atoms. The molecule has 0 aromatic heterocycles. The third kappa shape index (κ3) is 22.0. The Morgan fingerprint density at radius 3 is 1.90 bits per heavy atom. The number of fused-ring (bicyclic) bond motifs is 3. The second-order valence-electron chi connectivity index (χ2n) is 33.6. The van der Waals surface area contributed by atoms with Crippen LogP contribution in [0.3, 0.4) is 0 Å². The maximum atomic E-state index is 15.8. The monoisotopic (exact) mass is 1570 g/mol. The van der Waals surface area contributed by atoms with Crippen LogP contribution < -0.4 is 16.0 Å². The summed E-state index contributed by atoms with van der Waals surface area (Å²) < 4.78 is 96.6. The van der Waals surface area contributed by atoms with E-state index in [0.717, 1.165) is 19.6 Å². The Balaban J connectivity index is 1.33. The van der Waals surface area contributed by atoms with Gasteiger partial charge in [-0.25, -0.2) is 0 Å². The van der Waals surface area contributed by atoms with E-state index in [-0.39, 0.29) is 135 Å². The van der Waals surface area contributed by atoms with E-state index in [0.29, 0.717) is 38.5 Å². The van der Waals surface area contributed by atoms with E-state index in [4.69, 9.17) is 9.47 Å². The van der Waals surface area contributed by atoms with E-state index >= 15 is 33.6 Å². The molecule has 13 atom stereocenters. The highest BCUT2D eigenvalue weighted by atomic mass is 19.4. The van der Waals surface area contributed by atoms with Crippen molar-refractivity contribution in [1.29, 1.82) is 0 Å². The van der Waals surface area contributed by atoms with E-state index in [1.165, 1.54) is 80.9 Å². The fourth-order valence-electron chi connectivity index (χ4n) is 18.2. The highest BCUT2D eigenvalue weighted by Crippen LogP contribution is 2.50. The van der Waals surface area contributed by atoms with Crippen LogP contribution in [-0.2, 0) is 67.0 Å². The topological polar surface area (TPSA) is 289 Å². The molecule has 0 aromatic rings. The molecule has 26 nitrogen and oxygen atoms in total. The zero-order valence-electron chi connectivity index (χ0n) is 67.4. The molecule has 0 radical (unpaired) electrons. The molecule has 3 unspecified atom stereocenters. The Morgan fingerprint density at radius 1 is 0.673 bits per heavy atom. The number of rotatable bonds is 15. The van der Waals surface area contributed by atoms with Crippen LogP contribution in [0, 0.1) is 46.8 Å². The minimum atomic E-state index is -4.56. The summed E-state index contributed by atoms with van der Waals surface area (Å²) in [5, 5.41) is 8.70. The Morgan fingerprint density at radius 2 is 1.31 bits per heavy atom. The second-order valence-corrected chi connectivity index (χ2v) is 33.6. The van der Waals surface area contributed by atoms with Crippen LogP contribution in [0.15, 0.2) is 12.2 Å². The summed E-state index contributed by atoms with van der Waals surface area (Å²) in [7, 11) is 10.9. The summed E-state index contributed by atoms with van der Waals surface area (Å²) >= 11 is 0. The van der Waals surface area contributed by atoms with Crippen molar-refractivity contribution in [2.45, 2.75) is 262 Å². The Kier molecular flexibility index (Phi) is 31.6. The number of alkyl halides is 6. The van der Waals surface area contributed by atoms with Gasteiger partial charge in [0.15, 0.2) is 0 Å². The van der Waals surface area contributed by atoms with Crippen molar-refractivity contribution < 1.29 is 93.4 Å². The third-order valence-corrected chi connectivity index (χ3v) is 24.7. The van der Waals surface area contributed by atoms with Crippen LogP contribution in [0.1, 0.15) is 190 Å². The van der Waals surface area contributed by atoms with E-state index in [1.54, 1.807) is 32.9 Å². The maximum absolute atomic E-state index is 15.8. The molecule has 2 saturated heterocycles. The predicted octanol–water partition coefficient (Wildman–Crippen LogP) is 6.72. The van der Waals surface area contributed by atoms with Crippen molar-refractivity contribution in [3.8, 4) is 0 Å². The number of amides is 12. The van der Waals surface area contributed by atoms with Crippen LogP contribution in [0.25, 0.3) is 0 Å². The van der Waals surface area contributed by atoms with Crippen LogP contribution in [0.4, 0.5) is 26.3 Å². The highest BCUT2D eigenvalue weighted by Gasteiger charge is 2.60. The molecule has 7 rings (SSSR count). The molecule has 32 heteroatoms. The molecule has 6 fully saturated rings. The second kappa shape index (κ2) is 38.6. The molecule has 12 amide bonds. The molecule has 7 aliphatic rings. The Hall–Kier alpha value is -7.12. The van der Waals surface area contributed by atoms with Crippen molar-refractivity contribution in [3.63, 3.8) is 0 Å². The fraction of sp³-hybridized carbons (Fsp3) is 0.821. The number of nitrogens with one attached hydrogen (secondary N) is 3. The van der Waals surface area contributed by atoms with Crippen LogP contribution >= 0.6 is 0 Å². The van der Waals surface area contributed by atoms with E-state index < -0.39 is 204 Å². The molecular formula is C78H124F6N12O14. The van der Waals surface area contributed by atoms with Crippen molar-refractivity contribution in [2.75, 3.05) is 102 Å². The Bertz CT molecular complexity index is 3280. The van der Waals surface area contributed by atoms with Crippen molar-refractivity contribution in [1.82, 2.24) is 60.0 Å². The zero-order valence-corrected chi connectivity index (χ0v) is 67.4. The summed E-state index contributed by atoms with van der Waals surface area (Å²) in [6.07, 6.45) is -4.71. The van der Waals surface area contributed by atoms with E-state index in [2.05, 4.69) is 16.0 Å². The number of carbonyl (C=O) groups is 12. The van der Waals surface area contributed by atoms with Crippen LogP contribution in [0.5, 0.6) is 0 Å². The van der Waals surface area contributed by atoms with Crippen LogP contribution in [-0.4, -0.2) is 290 Å². The van der Waals surface area contributed by atoms with Gasteiger partial charge in [0, 0.05) is 82.7 Å². The number of likely N-dealkylation sites (N-methyl/N-ethyl adjacent to an activating group) is 7. The lowest BCUT2D eigenvalue weighted by atomic mass is 9.58. The molecular weight excluding hydrogens is 1440 g/mol. The molecule has 3 aliphatic heterocycles. The van der Waals surface area contributed by atoms with Gasteiger partial charge in [-0.1, -0.05) is 73.0 Å². The van der Waals surface area contributed by atoms with Crippen molar-refractivity contribution in [2.24, 2.45) is 46.8 Å². The molecule has 622 valence electrons. The van der Waals surface area contributed by atoms with Gasteiger partial charge in [-0.3, -0.25) is 57.5 Å². The normalized spacial score (nSPS) is 31.4. The molecule has 3 heterocycles. The van der Waals surface area contributed by atoms with Gasteiger partial charge in [0.2, 0.25) is 70.9 Å². The minimum absolute atomic E-state index is 0.0199. The average molecular weight is 1570 g/mol. The zero-order chi connectivity index (χ0) is 81.8.